The summed E-state index contributed by atoms with van der Waals surface area (Å²) >= 11 is 0. The molecule has 0 amide bonds. The van der Waals surface area contributed by atoms with E-state index in [1.54, 1.807) is 30.5 Å². The summed E-state index contributed by atoms with van der Waals surface area (Å²) in [6.45, 7) is 1.70. The quantitative estimate of drug-likeness (QED) is 0.592. The average Bonchev–Trinajstić information content (AvgIpc) is 2.67. The number of anilines is 3. The van der Waals surface area contributed by atoms with Gasteiger partial charge in [-0.15, -0.1) is 0 Å². The molecule has 140 valence electrons. The van der Waals surface area contributed by atoms with Crippen LogP contribution >= 0.6 is 0 Å². The Balaban J connectivity index is 1.85. The van der Waals surface area contributed by atoms with Gasteiger partial charge in [0.2, 0.25) is 5.95 Å². The zero-order valence-electron chi connectivity index (χ0n) is 15.5. The largest absolute Gasteiger partial charge is 0.354 e. The van der Waals surface area contributed by atoms with Gasteiger partial charge in [0.05, 0.1) is 17.1 Å². The Bertz CT molecular complexity index is 869. The van der Waals surface area contributed by atoms with Crippen LogP contribution in [0.25, 0.3) is 11.4 Å². The van der Waals surface area contributed by atoms with Gasteiger partial charge in [-0.3, -0.25) is 4.98 Å². The van der Waals surface area contributed by atoms with Crippen molar-refractivity contribution in [1.29, 1.82) is 0 Å². The molecule has 0 radical (unpaired) electrons. The van der Waals surface area contributed by atoms with Crippen LogP contribution in [-0.4, -0.2) is 47.0 Å². The molecule has 3 rings (SSSR count). The van der Waals surface area contributed by atoms with Crippen molar-refractivity contribution in [3.8, 4) is 11.4 Å². The molecule has 0 aliphatic heterocycles. The average molecular weight is 366 g/mol. The molecule has 0 spiro atoms. The van der Waals surface area contributed by atoms with Crippen LogP contribution in [0.5, 0.6) is 0 Å². The van der Waals surface area contributed by atoms with Crippen molar-refractivity contribution >= 4 is 17.5 Å². The monoisotopic (exact) mass is 366 g/mol. The van der Waals surface area contributed by atoms with Crippen LogP contribution in [0.3, 0.4) is 0 Å². The van der Waals surface area contributed by atoms with Crippen LogP contribution in [0.2, 0.25) is 0 Å². The van der Waals surface area contributed by atoms with Gasteiger partial charge in [0.1, 0.15) is 11.6 Å². The van der Waals surface area contributed by atoms with Gasteiger partial charge in [-0.05, 0) is 51.3 Å². The van der Waals surface area contributed by atoms with Crippen molar-refractivity contribution in [2.45, 2.75) is 6.42 Å². The first-order chi connectivity index (χ1) is 13.1. The Morgan fingerprint density at radius 3 is 2.56 bits per heavy atom. The van der Waals surface area contributed by atoms with E-state index in [-0.39, 0.29) is 5.82 Å². The van der Waals surface area contributed by atoms with E-state index in [0.29, 0.717) is 23.1 Å². The van der Waals surface area contributed by atoms with Gasteiger partial charge >= 0.3 is 0 Å². The smallest absolute Gasteiger partial charge is 0.225 e. The van der Waals surface area contributed by atoms with Crippen molar-refractivity contribution in [1.82, 2.24) is 19.9 Å². The Kier molecular flexibility index (Phi) is 6.27. The fraction of sp³-hybridized carbons (Fsp3) is 0.250. The van der Waals surface area contributed by atoms with Crippen molar-refractivity contribution in [3.05, 3.63) is 60.5 Å². The number of aromatic nitrogens is 3. The van der Waals surface area contributed by atoms with Gasteiger partial charge in [0.25, 0.3) is 0 Å². The molecule has 2 aromatic heterocycles. The summed E-state index contributed by atoms with van der Waals surface area (Å²) in [7, 11) is 4.07. The van der Waals surface area contributed by atoms with E-state index < -0.39 is 0 Å². The lowest BCUT2D eigenvalue weighted by atomic mass is 10.2. The van der Waals surface area contributed by atoms with Crippen molar-refractivity contribution in [2.24, 2.45) is 0 Å². The van der Waals surface area contributed by atoms with Crippen molar-refractivity contribution in [2.75, 3.05) is 37.8 Å². The lowest BCUT2D eigenvalue weighted by Gasteiger charge is -2.13. The molecule has 6 nitrogen and oxygen atoms in total. The van der Waals surface area contributed by atoms with Crippen LogP contribution in [0, 0.1) is 5.82 Å². The molecule has 3 aromatic rings. The summed E-state index contributed by atoms with van der Waals surface area (Å²) in [5.41, 5.74) is 1.76. The lowest BCUT2D eigenvalue weighted by molar-refractivity contribution is 0.405. The predicted molar refractivity (Wildman–Crippen MR) is 107 cm³/mol. The van der Waals surface area contributed by atoms with E-state index in [2.05, 4.69) is 30.5 Å². The van der Waals surface area contributed by atoms with Gasteiger partial charge in [0, 0.05) is 18.8 Å². The highest BCUT2D eigenvalue weighted by atomic mass is 19.1. The molecular weight excluding hydrogens is 343 g/mol. The van der Waals surface area contributed by atoms with Crippen LogP contribution < -0.4 is 10.6 Å². The Hall–Kier alpha value is -3.06. The zero-order valence-corrected chi connectivity index (χ0v) is 15.5. The number of hydrogen-bond donors (Lipinski definition) is 2. The molecule has 7 heteroatoms. The number of halogens is 1. The van der Waals surface area contributed by atoms with Gasteiger partial charge < -0.3 is 15.5 Å². The highest BCUT2D eigenvalue weighted by Gasteiger charge is 2.09. The molecule has 0 aliphatic carbocycles. The van der Waals surface area contributed by atoms with E-state index >= 15 is 0 Å². The Morgan fingerprint density at radius 2 is 1.81 bits per heavy atom. The predicted octanol–water partition coefficient (Wildman–Crippen LogP) is 3.78. The SMILES string of the molecule is CN(C)CCCNc1nc(Nc2ccccc2F)cc(-c2ccccn2)n1. The minimum Gasteiger partial charge on any atom is -0.354 e. The standard InChI is InChI=1S/C20H23FN6/c1-27(2)13-7-12-23-20-25-18(17-10-5-6-11-22-17)14-19(26-20)24-16-9-4-3-8-15(16)21/h3-6,8-11,14H,7,12-13H2,1-2H3,(H2,23,24,25,26). The van der Waals surface area contributed by atoms with Crippen molar-refractivity contribution in [3.63, 3.8) is 0 Å². The summed E-state index contributed by atoms with van der Waals surface area (Å²) in [4.78, 5) is 15.5. The summed E-state index contributed by atoms with van der Waals surface area (Å²) in [6.07, 6.45) is 2.67. The lowest BCUT2D eigenvalue weighted by Crippen LogP contribution is -2.17. The van der Waals surface area contributed by atoms with Crippen molar-refractivity contribution < 1.29 is 4.39 Å². The van der Waals surface area contributed by atoms with E-state index in [9.17, 15) is 4.39 Å². The molecular formula is C20H23FN6. The van der Waals surface area contributed by atoms with Gasteiger partial charge in [-0.2, -0.15) is 4.98 Å². The third-order valence-electron chi connectivity index (χ3n) is 3.86. The zero-order chi connectivity index (χ0) is 19.1. The van der Waals surface area contributed by atoms with Crippen LogP contribution in [-0.2, 0) is 0 Å². The maximum atomic E-state index is 14.0. The van der Waals surface area contributed by atoms with E-state index in [1.165, 1.54) is 6.07 Å². The first-order valence-electron chi connectivity index (χ1n) is 8.82. The number of pyridine rings is 1. The second-order valence-electron chi connectivity index (χ2n) is 6.37. The van der Waals surface area contributed by atoms with Crippen LogP contribution in [0.15, 0.2) is 54.7 Å². The molecule has 2 heterocycles. The summed E-state index contributed by atoms with van der Waals surface area (Å²) in [5, 5.41) is 6.27. The van der Waals surface area contributed by atoms with Crippen LogP contribution in [0.1, 0.15) is 6.42 Å². The summed E-state index contributed by atoms with van der Waals surface area (Å²) < 4.78 is 14.0. The number of nitrogens with one attached hydrogen (secondary N) is 2. The summed E-state index contributed by atoms with van der Waals surface area (Å²) in [5.74, 6) is 0.651. The maximum absolute atomic E-state index is 14.0. The van der Waals surface area contributed by atoms with E-state index in [1.807, 2.05) is 32.3 Å². The summed E-state index contributed by atoms with van der Waals surface area (Å²) in [6, 6.07) is 13.9. The molecule has 0 aliphatic rings. The van der Waals surface area contributed by atoms with Crippen LogP contribution in [0.4, 0.5) is 21.8 Å². The molecule has 27 heavy (non-hydrogen) atoms. The third kappa shape index (κ3) is 5.46. The molecule has 0 bridgehead atoms. The van der Waals surface area contributed by atoms with Gasteiger partial charge in [-0.25, -0.2) is 9.37 Å². The van der Waals surface area contributed by atoms with E-state index in [4.69, 9.17) is 0 Å². The first kappa shape index (κ1) is 18.7. The Labute approximate surface area is 158 Å². The number of hydrogen-bond acceptors (Lipinski definition) is 6. The highest BCUT2D eigenvalue weighted by Crippen LogP contribution is 2.23. The molecule has 0 unspecified atom stereocenters. The molecule has 0 saturated carbocycles. The maximum Gasteiger partial charge on any atom is 0.225 e. The molecule has 0 fully saturated rings. The molecule has 0 atom stereocenters. The highest BCUT2D eigenvalue weighted by molar-refractivity contribution is 5.65. The minimum atomic E-state index is -0.337. The number of para-hydroxylation sites is 1. The second-order valence-corrected chi connectivity index (χ2v) is 6.37. The third-order valence-corrected chi connectivity index (χ3v) is 3.86. The number of benzene rings is 1. The van der Waals surface area contributed by atoms with Gasteiger partial charge in [0.15, 0.2) is 0 Å². The number of nitrogens with zero attached hydrogens (tertiary/aromatic N) is 4. The topological polar surface area (TPSA) is 66.0 Å². The second kappa shape index (κ2) is 9.05. The molecule has 0 saturated heterocycles. The van der Waals surface area contributed by atoms with E-state index in [0.717, 1.165) is 25.2 Å². The fourth-order valence-electron chi connectivity index (χ4n) is 2.53. The minimum absolute atomic E-state index is 0.337. The normalized spacial score (nSPS) is 10.8. The Morgan fingerprint density at radius 1 is 1.00 bits per heavy atom. The molecule has 2 N–H and O–H groups in total. The first-order valence-corrected chi connectivity index (χ1v) is 8.82. The molecule has 1 aromatic carbocycles. The van der Waals surface area contributed by atoms with Gasteiger partial charge in [-0.1, -0.05) is 18.2 Å². The fourth-order valence-corrected chi connectivity index (χ4v) is 2.53. The number of rotatable bonds is 8.